The van der Waals surface area contributed by atoms with E-state index in [4.69, 9.17) is 15.2 Å². The zero-order chi connectivity index (χ0) is 11.7. The Labute approximate surface area is 98.2 Å². The van der Waals surface area contributed by atoms with Gasteiger partial charge in [0.2, 0.25) is 0 Å². The summed E-state index contributed by atoms with van der Waals surface area (Å²) >= 11 is 0. The first-order valence-corrected chi connectivity index (χ1v) is 5.31. The molecule has 0 saturated carbocycles. The van der Waals surface area contributed by atoms with Crippen molar-refractivity contribution in [3.8, 4) is 22.9 Å². The van der Waals surface area contributed by atoms with Crippen LogP contribution in [0.3, 0.4) is 0 Å². The van der Waals surface area contributed by atoms with Crippen LogP contribution in [0.15, 0.2) is 30.5 Å². The highest BCUT2D eigenvalue weighted by Gasteiger charge is 2.13. The summed E-state index contributed by atoms with van der Waals surface area (Å²) in [6.45, 7) is 1.15. The number of nitrogens with two attached hydrogens (primary N) is 1. The highest BCUT2D eigenvalue weighted by atomic mass is 16.6. The lowest BCUT2D eigenvalue weighted by atomic mass is 10.2. The molecule has 5 nitrogen and oxygen atoms in total. The van der Waals surface area contributed by atoms with Gasteiger partial charge in [0.1, 0.15) is 19.0 Å². The van der Waals surface area contributed by atoms with E-state index in [0.717, 1.165) is 17.1 Å². The van der Waals surface area contributed by atoms with Crippen LogP contribution in [0.25, 0.3) is 11.4 Å². The fourth-order valence-corrected chi connectivity index (χ4v) is 1.69. The van der Waals surface area contributed by atoms with E-state index >= 15 is 0 Å². The second-order valence-corrected chi connectivity index (χ2v) is 3.66. The topological polar surface area (TPSA) is 70.3 Å². The Morgan fingerprint density at radius 3 is 2.71 bits per heavy atom. The molecule has 17 heavy (non-hydrogen) atoms. The van der Waals surface area contributed by atoms with Crippen LogP contribution in [0.4, 0.5) is 5.82 Å². The van der Waals surface area contributed by atoms with E-state index in [9.17, 15) is 0 Å². The molecule has 0 bridgehead atoms. The molecule has 0 amide bonds. The van der Waals surface area contributed by atoms with Gasteiger partial charge in [0, 0.05) is 11.8 Å². The fraction of sp³-hybridized carbons (Fsp3) is 0.167. The smallest absolute Gasteiger partial charge is 0.162 e. The minimum atomic E-state index is 0.449. The number of aromatic nitrogens is 2. The Morgan fingerprint density at radius 2 is 1.88 bits per heavy atom. The van der Waals surface area contributed by atoms with E-state index in [0.29, 0.717) is 24.9 Å². The monoisotopic (exact) mass is 229 g/mol. The molecule has 1 aliphatic heterocycles. The number of ether oxygens (including phenoxy) is 2. The first kappa shape index (κ1) is 9.89. The van der Waals surface area contributed by atoms with Gasteiger partial charge >= 0.3 is 0 Å². The summed E-state index contributed by atoms with van der Waals surface area (Å²) < 4.78 is 11.0. The number of nitrogen functional groups attached to an aromatic ring is 1. The van der Waals surface area contributed by atoms with Crippen LogP contribution >= 0.6 is 0 Å². The maximum atomic E-state index is 5.63. The van der Waals surface area contributed by atoms with Gasteiger partial charge in [-0.25, -0.2) is 9.97 Å². The van der Waals surface area contributed by atoms with Crippen molar-refractivity contribution in [3.63, 3.8) is 0 Å². The molecule has 2 heterocycles. The van der Waals surface area contributed by atoms with E-state index in [1.165, 1.54) is 0 Å². The number of hydrogen-bond donors (Lipinski definition) is 1. The van der Waals surface area contributed by atoms with Gasteiger partial charge in [0.05, 0.1) is 0 Å². The Morgan fingerprint density at radius 1 is 1.06 bits per heavy atom. The van der Waals surface area contributed by atoms with Crippen LogP contribution in [-0.4, -0.2) is 23.2 Å². The number of nitrogens with zero attached hydrogens (tertiary/aromatic N) is 2. The standard InChI is InChI=1S/C12H11N3O2/c13-11-3-4-14-12(15-11)8-1-2-9-10(7-8)17-6-5-16-9/h1-4,7H,5-6H2,(H2,13,14,15). The third kappa shape index (κ3) is 1.87. The minimum Gasteiger partial charge on any atom is -0.486 e. The van der Waals surface area contributed by atoms with Gasteiger partial charge in [-0.15, -0.1) is 0 Å². The fourth-order valence-electron chi connectivity index (χ4n) is 1.69. The average molecular weight is 229 g/mol. The second-order valence-electron chi connectivity index (χ2n) is 3.66. The summed E-state index contributed by atoms with van der Waals surface area (Å²) in [6, 6.07) is 7.27. The summed E-state index contributed by atoms with van der Waals surface area (Å²) in [5, 5.41) is 0. The molecule has 2 aromatic rings. The molecule has 1 aliphatic rings. The van der Waals surface area contributed by atoms with Gasteiger partial charge in [-0.05, 0) is 24.3 Å². The Balaban J connectivity index is 2.04. The first-order chi connectivity index (χ1) is 8.33. The van der Waals surface area contributed by atoms with Crippen LogP contribution in [0.2, 0.25) is 0 Å². The molecule has 3 rings (SSSR count). The Kier molecular flexibility index (Phi) is 2.29. The van der Waals surface area contributed by atoms with Gasteiger partial charge < -0.3 is 15.2 Å². The maximum absolute atomic E-state index is 5.63. The van der Waals surface area contributed by atoms with Crippen LogP contribution in [0.1, 0.15) is 0 Å². The van der Waals surface area contributed by atoms with Crippen LogP contribution < -0.4 is 15.2 Å². The molecule has 0 atom stereocenters. The van der Waals surface area contributed by atoms with Crippen molar-refractivity contribution >= 4 is 5.82 Å². The average Bonchev–Trinajstić information content (AvgIpc) is 2.38. The molecule has 0 saturated heterocycles. The van der Waals surface area contributed by atoms with E-state index in [-0.39, 0.29) is 0 Å². The van der Waals surface area contributed by atoms with E-state index in [2.05, 4.69) is 9.97 Å². The summed E-state index contributed by atoms with van der Waals surface area (Å²) in [5.74, 6) is 2.51. The quantitative estimate of drug-likeness (QED) is 0.802. The SMILES string of the molecule is Nc1ccnc(-c2ccc3c(c2)OCCO3)n1. The van der Waals surface area contributed by atoms with Gasteiger partial charge in [0.15, 0.2) is 17.3 Å². The minimum absolute atomic E-state index is 0.449. The molecule has 0 fully saturated rings. The molecule has 5 heteroatoms. The maximum Gasteiger partial charge on any atom is 0.162 e. The molecule has 86 valence electrons. The highest BCUT2D eigenvalue weighted by molar-refractivity contribution is 5.62. The molecule has 0 aliphatic carbocycles. The number of fused-ring (bicyclic) bond motifs is 1. The predicted molar refractivity (Wildman–Crippen MR) is 62.9 cm³/mol. The summed E-state index contributed by atoms with van der Waals surface area (Å²) in [7, 11) is 0. The molecule has 0 unspecified atom stereocenters. The lowest BCUT2D eigenvalue weighted by Gasteiger charge is -2.18. The normalized spacial score (nSPS) is 13.4. The Hall–Kier alpha value is -2.30. The van der Waals surface area contributed by atoms with Crippen molar-refractivity contribution in [1.29, 1.82) is 0 Å². The van der Waals surface area contributed by atoms with Gasteiger partial charge in [-0.3, -0.25) is 0 Å². The molecule has 1 aromatic heterocycles. The zero-order valence-corrected chi connectivity index (χ0v) is 9.09. The Bertz CT molecular complexity index is 557. The number of hydrogen-bond acceptors (Lipinski definition) is 5. The summed E-state index contributed by atoms with van der Waals surface area (Å²) in [6.07, 6.45) is 1.63. The lowest BCUT2D eigenvalue weighted by molar-refractivity contribution is 0.171. The summed E-state index contributed by atoms with van der Waals surface area (Å²) in [4.78, 5) is 8.33. The summed E-state index contributed by atoms with van der Waals surface area (Å²) in [5.41, 5.74) is 6.49. The third-order valence-electron chi connectivity index (χ3n) is 2.48. The zero-order valence-electron chi connectivity index (χ0n) is 9.09. The van der Waals surface area contributed by atoms with Crippen molar-refractivity contribution in [1.82, 2.24) is 9.97 Å². The predicted octanol–water partition coefficient (Wildman–Crippen LogP) is 1.50. The van der Waals surface area contributed by atoms with Crippen molar-refractivity contribution < 1.29 is 9.47 Å². The van der Waals surface area contributed by atoms with E-state index < -0.39 is 0 Å². The molecule has 1 aromatic carbocycles. The number of benzene rings is 1. The first-order valence-electron chi connectivity index (χ1n) is 5.31. The molecular formula is C12H11N3O2. The molecule has 0 radical (unpaired) electrons. The van der Waals surface area contributed by atoms with Gasteiger partial charge in [-0.1, -0.05) is 0 Å². The highest BCUT2D eigenvalue weighted by Crippen LogP contribution is 2.33. The van der Waals surface area contributed by atoms with Crippen molar-refractivity contribution in [3.05, 3.63) is 30.5 Å². The molecule has 2 N–H and O–H groups in total. The number of rotatable bonds is 1. The second kappa shape index (κ2) is 3.93. The van der Waals surface area contributed by atoms with E-state index in [1.54, 1.807) is 12.3 Å². The van der Waals surface area contributed by atoms with Crippen molar-refractivity contribution in [2.75, 3.05) is 18.9 Å². The third-order valence-corrected chi connectivity index (χ3v) is 2.48. The van der Waals surface area contributed by atoms with Crippen LogP contribution in [-0.2, 0) is 0 Å². The largest absolute Gasteiger partial charge is 0.486 e. The van der Waals surface area contributed by atoms with Crippen LogP contribution in [0.5, 0.6) is 11.5 Å². The number of anilines is 1. The van der Waals surface area contributed by atoms with Gasteiger partial charge in [0.25, 0.3) is 0 Å². The van der Waals surface area contributed by atoms with Crippen molar-refractivity contribution in [2.45, 2.75) is 0 Å². The lowest BCUT2D eigenvalue weighted by Crippen LogP contribution is -2.15. The van der Waals surface area contributed by atoms with Crippen molar-refractivity contribution in [2.24, 2.45) is 0 Å². The molecular weight excluding hydrogens is 218 g/mol. The van der Waals surface area contributed by atoms with Gasteiger partial charge in [-0.2, -0.15) is 0 Å². The van der Waals surface area contributed by atoms with E-state index in [1.807, 2.05) is 18.2 Å². The van der Waals surface area contributed by atoms with Crippen LogP contribution in [0, 0.1) is 0 Å². The molecule has 0 spiro atoms.